The van der Waals surface area contributed by atoms with Gasteiger partial charge in [0, 0.05) is 11.1 Å². The third kappa shape index (κ3) is 4.18. The quantitative estimate of drug-likeness (QED) is 0.257. The number of benzene rings is 4. The Hall–Kier alpha value is -4.58. The van der Waals surface area contributed by atoms with Gasteiger partial charge in [0.05, 0.1) is 47.1 Å². The Balaban J connectivity index is 1.56. The number of rotatable bonds is 8. The van der Waals surface area contributed by atoms with Gasteiger partial charge in [-0.2, -0.15) is 0 Å². The lowest BCUT2D eigenvalue weighted by Crippen LogP contribution is -2.23. The molecule has 0 saturated heterocycles. The monoisotopic (exact) mass is 478 g/mol. The van der Waals surface area contributed by atoms with E-state index in [-0.39, 0.29) is 11.6 Å². The molecular formula is C30H26N2O4. The average molecular weight is 479 g/mol. The molecule has 180 valence electrons. The van der Waals surface area contributed by atoms with Crippen LogP contribution >= 0.6 is 0 Å². The van der Waals surface area contributed by atoms with E-state index in [9.17, 15) is 9.59 Å². The van der Waals surface area contributed by atoms with Crippen LogP contribution in [0.3, 0.4) is 0 Å². The molecule has 0 aromatic heterocycles. The standard InChI is InChI=1S/C30H26N2O4/c1-3-35-25-17-7-5-13-21(25)31-23-15-9-11-19-27(23)29(33)20-12-10-16-24(28(20)30(19)34)32-22-14-6-8-18-26(22)36-4-2/h5-18,31-32H,3-4H2,1-2H3. The Morgan fingerprint density at radius 3 is 1.33 bits per heavy atom. The predicted octanol–water partition coefficient (Wildman–Crippen LogP) is 6.75. The highest BCUT2D eigenvalue weighted by Crippen LogP contribution is 2.39. The molecule has 0 bridgehead atoms. The minimum atomic E-state index is -0.210. The third-order valence-corrected chi connectivity index (χ3v) is 5.98. The molecule has 1 aliphatic carbocycles. The highest BCUT2D eigenvalue weighted by Gasteiger charge is 2.33. The van der Waals surface area contributed by atoms with Crippen LogP contribution in [0.15, 0.2) is 84.9 Å². The summed E-state index contributed by atoms with van der Waals surface area (Å²) in [5.74, 6) is 0.927. The van der Waals surface area contributed by atoms with Crippen LogP contribution in [0, 0.1) is 0 Å². The third-order valence-electron chi connectivity index (χ3n) is 5.98. The number of para-hydroxylation sites is 4. The van der Waals surface area contributed by atoms with Gasteiger partial charge in [0.1, 0.15) is 11.5 Å². The fourth-order valence-electron chi connectivity index (χ4n) is 4.44. The highest BCUT2D eigenvalue weighted by atomic mass is 16.5. The number of carbonyl (C=O) groups excluding carboxylic acids is 2. The van der Waals surface area contributed by atoms with Crippen LogP contribution in [0.2, 0.25) is 0 Å². The van der Waals surface area contributed by atoms with E-state index in [0.29, 0.717) is 58.3 Å². The number of hydrogen-bond acceptors (Lipinski definition) is 6. The average Bonchev–Trinajstić information content (AvgIpc) is 2.90. The van der Waals surface area contributed by atoms with Crippen molar-refractivity contribution in [3.63, 3.8) is 0 Å². The van der Waals surface area contributed by atoms with Crippen LogP contribution in [0.25, 0.3) is 0 Å². The Bertz CT molecular complexity index is 1350. The lowest BCUT2D eigenvalue weighted by atomic mass is 9.82. The summed E-state index contributed by atoms with van der Waals surface area (Å²) in [7, 11) is 0. The molecule has 4 aromatic carbocycles. The number of hydrogen-bond donors (Lipinski definition) is 2. The first-order valence-electron chi connectivity index (χ1n) is 12.0. The first kappa shape index (κ1) is 23.2. The van der Waals surface area contributed by atoms with Crippen molar-refractivity contribution >= 4 is 34.3 Å². The zero-order chi connectivity index (χ0) is 25.1. The minimum Gasteiger partial charge on any atom is -0.492 e. The Morgan fingerprint density at radius 1 is 0.528 bits per heavy atom. The predicted molar refractivity (Wildman–Crippen MR) is 142 cm³/mol. The van der Waals surface area contributed by atoms with Gasteiger partial charge >= 0.3 is 0 Å². The summed E-state index contributed by atoms with van der Waals surface area (Å²) in [6.07, 6.45) is 0. The van der Waals surface area contributed by atoms with E-state index in [1.165, 1.54) is 0 Å². The maximum absolute atomic E-state index is 13.8. The molecule has 6 nitrogen and oxygen atoms in total. The van der Waals surface area contributed by atoms with Gasteiger partial charge in [-0.25, -0.2) is 0 Å². The molecule has 0 saturated carbocycles. The number of carbonyl (C=O) groups is 2. The van der Waals surface area contributed by atoms with Crippen molar-refractivity contribution in [1.82, 2.24) is 0 Å². The molecule has 4 aromatic rings. The van der Waals surface area contributed by atoms with Crippen molar-refractivity contribution in [2.45, 2.75) is 13.8 Å². The number of ether oxygens (including phenoxy) is 2. The van der Waals surface area contributed by atoms with E-state index in [4.69, 9.17) is 9.47 Å². The largest absolute Gasteiger partial charge is 0.492 e. The second kappa shape index (κ2) is 9.96. The number of ketones is 2. The molecular weight excluding hydrogens is 452 g/mol. The maximum Gasteiger partial charge on any atom is 0.196 e. The molecule has 0 radical (unpaired) electrons. The Morgan fingerprint density at radius 2 is 0.917 bits per heavy atom. The lowest BCUT2D eigenvalue weighted by molar-refractivity contribution is 0.0980. The van der Waals surface area contributed by atoms with Crippen molar-refractivity contribution in [2.75, 3.05) is 23.8 Å². The summed E-state index contributed by atoms with van der Waals surface area (Å²) in [4.78, 5) is 27.5. The fraction of sp³-hybridized carbons (Fsp3) is 0.133. The van der Waals surface area contributed by atoms with Crippen LogP contribution in [-0.2, 0) is 0 Å². The van der Waals surface area contributed by atoms with E-state index in [1.54, 1.807) is 36.4 Å². The fourth-order valence-corrected chi connectivity index (χ4v) is 4.44. The second-order valence-corrected chi connectivity index (χ2v) is 8.22. The van der Waals surface area contributed by atoms with E-state index < -0.39 is 0 Å². The van der Waals surface area contributed by atoms with Crippen LogP contribution in [0.5, 0.6) is 11.5 Å². The summed E-state index contributed by atoms with van der Waals surface area (Å²) >= 11 is 0. The molecule has 1 aliphatic rings. The van der Waals surface area contributed by atoms with Gasteiger partial charge in [-0.3, -0.25) is 9.59 Å². The summed E-state index contributed by atoms with van der Waals surface area (Å²) < 4.78 is 11.4. The lowest BCUT2D eigenvalue weighted by Gasteiger charge is -2.24. The summed E-state index contributed by atoms with van der Waals surface area (Å²) in [5, 5.41) is 6.63. The van der Waals surface area contributed by atoms with Gasteiger partial charge in [-0.15, -0.1) is 0 Å². The molecule has 0 spiro atoms. The molecule has 0 fully saturated rings. The van der Waals surface area contributed by atoms with Crippen molar-refractivity contribution < 1.29 is 19.1 Å². The van der Waals surface area contributed by atoms with Crippen LogP contribution in [0.4, 0.5) is 22.7 Å². The van der Waals surface area contributed by atoms with Gasteiger partial charge < -0.3 is 20.1 Å². The molecule has 0 unspecified atom stereocenters. The zero-order valence-corrected chi connectivity index (χ0v) is 20.1. The van der Waals surface area contributed by atoms with Crippen LogP contribution in [-0.4, -0.2) is 24.8 Å². The minimum absolute atomic E-state index is 0.210. The molecule has 0 amide bonds. The van der Waals surface area contributed by atoms with Gasteiger partial charge in [0.2, 0.25) is 0 Å². The topological polar surface area (TPSA) is 76.7 Å². The van der Waals surface area contributed by atoms with Gasteiger partial charge in [-0.05, 0) is 50.2 Å². The molecule has 0 aliphatic heterocycles. The first-order valence-corrected chi connectivity index (χ1v) is 12.0. The van der Waals surface area contributed by atoms with Gasteiger partial charge in [0.15, 0.2) is 11.6 Å². The van der Waals surface area contributed by atoms with Crippen molar-refractivity contribution in [1.29, 1.82) is 0 Å². The smallest absolute Gasteiger partial charge is 0.196 e. The molecule has 6 heteroatoms. The molecule has 36 heavy (non-hydrogen) atoms. The second-order valence-electron chi connectivity index (χ2n) is 8.22. The molecule has 0 heterocycles. The van der Waals surface area contributed by atoms with E-state index in [0.717, 1.165) is 11.4 Å². The van der Waals surface area contributed by atoms with Crippen LogP contribution < -0.4 is 20.1 Å². The number of nitrogens with one attached hydrogen (secondary N) is 2. The van der Waals surface area contributed by atoms with Crippen LogP contribution in [0.1, 0.15) is 45.7 Å². The first-order chi connectivity index (χ1) is 17.6. The number of fused-ring (bicyclic) bond motifs is 2. The highest BCUT2D eigenvalue weighted by molar-refractivity contribution is 6.32. The van der Waals surface area contributed by atoms with E-state index in [2.05, 4.69) is 10.6 Å². The Labute approximate surface area is 209 Å². The Kier molecular flexibility index (Phi) is 6.41. The van der Waals surface area contributed by atoms with Gasteiger partial charge in [0.25, 0.3) is 0 Å². The SMILES string of the molecule is CCOc1ccccc1Nc1cccc2c1C(=O)c1cccc(Nc3ccccc3OCC)c1C2=O. The zero-order valence-electron chi connectivity index (χ0n) is 20.1. The molecule has 0 atom stereocenters. The summed E-state index contributed by atoms with van der Waals surface area (Å²) in [5.41, 5.74) is 4.00. The van der Waals surface area contributed by atoms with E-state index >= 15 is 0 Å². The summed E-state index contributed by atoms with van der Waals surface area (Å²) in [6, 6.07) is 25.6. The summed E-state index contributed by atoms with van der Waals surface area (Å²) in [6.45, 7) is 4.86. The van der Waals surface area contributed by atoms with Gasteiger partial charge in [-0.1, -0.05) is 48.5 Å². The van der Waals surface area contributed by atoms with Crippen molar-refractivity contribution in [2.24, 2.45) is 0 Å². The normalized spacial score (nSPS) is 11.9. The number of anilines is 4. The molecule has 5 rings (SSSR count). The van der Waals surface area contributed by atoms with Crippen molar-refractivity contribution in [3.8, 4) is 11.5 Å². The van der Waals surface area contributed by atoms with E-state index in [1.807, 2.05) is 62.4 Å². The molecule has 2 N–H and O–H groups in total. The van der Waals surface area contributed by atoms with Crippen molar-refractivity contribution in [3.05, 3.63) is 107 Å². The maximum atomic E-state index is 13.8.